The second-order valence-electron chi connectivity index (χ2n) is 5.54. The predicted octanol–water partition coefficient (Wildman–Crippen LogP) is 2.47. The van der Waals surface area contributed by atoms with Crippen molar-refractivity contribution in [2.75, 3.05) is 13.1 Å². The SMILES string of the molecule is NCC1CCCN1S(=O)(=O)c1ccc(-c2ccccc2)cc1. The van der Waals surface area contributed by atoms with Crippen molar-refractivity contribution in [3.8, 4) is 11.1 Å². The Labute approximate surface area is 131 Å². The maximum Gasteiger partial charge on any atom is 0.243 e. The van der Waals surface area contributed by atoms with Gasteiger partial charge in [-0.25, -0.2) is 8.42 Å². The van der Waals surface area contributed by atoms with Gasteiger partial charge in [-0.1, -0.05) is 42.5 Å². The number of hydrogen-bond donors (Lipinski definition) is 1. The van der Waals surface area contributed by atoms with Gasteiger partial charge < -0.3 is 5.73 Å². The van der Waals surface area contributed by atoms with Gasteiger partial charge in [0.15, 0.2) is 0 Å². The van der Waals surface area contributed by atoms with E-state index in [1.54, 1.807) is 16.4 Å². The highest BCUT2D eigenvalue weighted by atomic mass is 32.2. The minimum Gasteiger partial charge on any atom is -0.329 e. The molecule has 0 spiro atoms. The van der Waals surface area contributed by atoms with Crippen LogP contribution in [0.3, 0.4) is 0 Å². The lowest BCUT2D eigenvalue weighted by atomic mass is 10.1. The molecular weight excluding hydrogens is 296 g/mol. The Balaban J connectivity index is 1.89. The first-order chi connectivity index (χ1) is 10.6. The predicted molar refractivity (Wildman–Crippen MR) is 87.8 cm³/mol. The lowest BCUT2D eigenvalue weighted by Gasteiger charge is -2.22. The summed E-state index contributed by atoms with van der Waals surface area (Å²) in [6, 6.07) is 16.9. The summed E-state index contributed by atoms with van der Waals surface area (Å²) in [4.78, 5) is 0.340. The molecule has 4 nitrogen and oxygen atoms in total. The highest BCUT2D eigenvalue weighted by molar-refractivity contribution is 7.89. The Bertz CT molecular complexity index is 727. The van der Waals surface area contributed by atoms with Gasteiger partial charge in [-0.3, -0.25) is 0 Å². The summed E-state index contributed by atoms with van der Waals surface area (Å²) in [7, 11) is -3.45. The van der Waals surface area contributed by atoms with E-state index in [1.165, 1.54) is 0 Å². The number of nitrogens with zero attached hydrogens (tertiary/aromatic N) is 1. The van der Waals surface area contributed by atoms with Crippen LogP contribution in [0.25, 0.3) is 11.1 Å². The van der Waals surface area contributed by atoms with Crippen LogP contribution in [0, 0.1) is 0 Å². The van der Waals surface area contributed by atoms with Gasteiger partial charge in [-0.2, -0.15) is 4.31 Å². The molecule has 5 heteroatoms. The van der Waals surface area contributed by atoms with Gasteiger partial charge in [0.05, 0.1) is 4.90 Å². The van der Waals surface area contributed by atoms with Crippen LogP contribution in [-0.2, 0) is 10.0 Å². The van der Waals surface area contributed by atoms with Crippen LogP contribution in [0.4, 0.5) is 0 Å². The van der Waals surface area contributed by atoms with Gasteiger partial charge in [0.2, 0.25) is 10.0 Å². The van der Waals surface area contributed by atoms with E-state index in [0.29, 0.717) is 18.0 Å². The van der Waals surface area contributed by atoms with Crippen LogP contribution in [-0.4, -0.2) is 31.9 Å². The highest BCUT2D eigenvalue weighted by Gasteiger charge is 2.34. The van der Waals surface area contributed by atoms with Crippen molar-refractivity contribution in [2.45, 2.75) is 23.8 Å². The molecule has 1 heterocycles. The number of hydrogen-bond acceptors (Lipinski definition) is 3. The number of benzene rings is 2. The first-order valence-electron chi connectivity index (χ1n) is 7.50. The highest BCUT2D eigenvalue weighted by Crippen LogP contribution is 2.27. The minimum absolute atomic E-state index is 0.0706. The molecule has 1 aliphatic heterocycles. The number of nitrogens with two attached hydrogens (primary N) is 1. The Hall–Kier alpha value is -1.69. The summed E-state index contributed by atoms with van der Waals surface area (Å²) in [5.41, 5.74) is 7.78. The molecule has 22 heavy (non-hydrogen) atoms. The summed E-state index contributed by atoms with van der Waals surface area (Å²) in [6.45, 7) is 0.936. The van der Waals surface area contributed by atoms with Crippen molar-refractivity contribution in [2.24, 2.45) is 5.73 Å². The van der Waals surface area contributed by atoms with E-state index >= 15 is 0 Å². The summed E-state index contributed by atoms with van der Waals surface area (Å²) in [5, 5.41) is 0. The lowest BCUT2D eigenvalue weighted by Crippen LogP contribution is -2.39. The normalized spacial score (nSPS) is 19.4. The maximum absolute atomic E-state index is 12.7. The quantitative estimate of drug-likeness (QED) is 0.942. The molecule has 1 atom stereocenters. The zero-order chi connectivity index (χ0) is 15.6. The van der Waals surface area contributed by atoms with Crippen LogP contribution in [0.1, 0.15) is 12.8 Å². The minimum atomic E-state index is -3.45. The molecule has 0 amide bonds. The summed E-state index contributed by atoms with van der Waals surface area (Å²) < 4.78 is 27.0. The van der Waals surface area contributed by atoms with Crippen LogP contribution < -0.4 is 5.73 Å². The third-order valence-electron chi connectivity index (χ3n) is 4.16. The Morgan fingerprint density at radius 1 is 1.00 bits per heavy atom. The van der Waals surface area contributed by atoms with Crippen LogP contribution in [0.15, 0.2) is 59.5 Å². The smallest absolute Gasteiger partial charge is 0.243 e. The molecule has 1 aliphatic rings. The molecule has 1 unspecified atom stereocenters. The van der Waals surface area contributed by atoms with Gasteiger partial charge >= 0.3 is 0 Å². The second-order valence-corrected chi connectivity index (χ2v) is 7.43. The van der Waals surface area contributed by atoms with E-state index in [9.17, 15) is 8.42 Å². The standard InChI is InChI=1S/C17H20N2O2S/c18-13-16-7-4-12-19(16)22(20,21)17-10-8-15(9-11-17)14-5-2-1-3-6-14/h1-3,5-6,8-11,16H,4,7,12-13,18H2. The average Bonchev–Trinajstić information content (AvgIpc) is 3.05. The fourth-order valence-electron chi connectivity index (χ4n) is 2.95. The maximum atomic E-state index is 12.7. The number of sulfonamides is 1. The van der Waals surface area contributed by atoms with E-state index in [1.807, 2.05) is 42.5 Å². The molecule has 0 aliphatic carbocycles. The fourth-order valence-corrected chi connectivity index (χ4v) is 4.65. The summed E-state index contributed by atoms with van der Waals surface area (Å²) >= 11 is 0. The van der Waals surface area contributed by atoms with Crippen LogP contribution >= 0.6 is 0 Å². The van der Waals surface area contributed by atoms with Crippen molar-refractivity contribution < 1.29 is 8.42 Å². The molecule has 1 fully saturated rings. The first kappa shape index (κ1) is 15.2. The van der Waals surface area contributed by atoms with Crippen molar-refractivity contribution in [1.82, 2.24) is 4.31 Å². The van der Waals surface area contributed by atoms with Crippen molar-refractivity contribution in [3.63, 3.8) is 0 Å². The van der Waals surface area contributed by atoms with E-state index in [4.69, 9.17) is 5.73 Å². The zero-order valence-corrected chi connectivity index (χ0v) is 13.2. The zero-order valence-electron chi connectivity index (χ0n) is 12.4. The molecule has 116 valence electrons. The van der Waals surface area contributed by atoms with Gasteiger partial charge in [-0.15, -0.1) is 0 Å². The van der Waals surface area contributed by atoms with Gasteiger partial charge in [0.1, 0.15) is 0 Å². The molecule has 1 saturated heterocycles. The van der Waals surface area contributed by atoms with Crippen molar-refractivity contribution in [1.29, 1.82) is 0 Å². The van der Waals surface area contributed by atoms with Gasteiger partial charge in [0, 0.05) is 19.1 Å². The number of rotatable bonds is 4. The Kier molecular flexibility index (Phi) is 4.29. The molecule has 3 rings (SSSR count). The fraction of sp³-hybridized carbons (Fsp3) is 0.294. The average molecular weight is 316 g/mol. The van der Waals surface area contributed by atoms with E-state index in [0.717, 1.165) is 24.0 Å². The van der Waals surface area contributed by atoms with E-state index in [2.05, 4.69) is 0 Å². The van der Waals surface area contributed by atoms with Crippen molar-refractivity contribution >= 4 is 10.0 Å². The second kappa shape index (κ2) is 6.20. The molecule has 0 saturated carbocycles. The topological polar surface area (TPSA) is 63.4 Å². The van der Waals surface area contributed by atoms with Crippen LogP contribution in [0.5, 0.6) is 0 Å². The monoisotopic (exact) mass is 316 g/mol. The Morgan fingerprint density at radius 2 is 1.64 bits per heavy atom. The molecule has 2 aromatic carbocycles. The van der Waals surface area contributed by atoms with Gasteiger partial charge in [-0.05, 0) is 36.1 Å². The van der Waals surface area contributed by atoms with Gasteiger partial charge in [0.25, 0.3) is 0 Å². The lowest BCUT2D eigenvalue weighted by molar-refractivity contribution is 0.393. The first-order valence-corrected chi connectivity index (χ1v) is 8.94. The van der Waals surface area contributed by atoms with E-state index in [-0.39, 0.29) is 6.04 Å². The van der Waals surface area contributed by atoms with E-state index < -0.39 is 10.0 Å². The largest absolute Gasteiger partial charge is 0.329 e. The van der Waals surface area contributed by atoms with Crippen LogP contribution in [0.2, 0.25) is 0 Å². The Morgan fingerprint density at radius 3 is 2.27 bits per heavy atom. The van der Waals surface area contributed by atoms with Crippen molar-refractivity contribution in [3.05, 3.63) is 54.6 Å². The third-order valence-corrected chi connectivity index (χ3v) is 6.13. The molecule has 0 radical (unpaired) electrons. The molecule has 2 aromatic rings. The molecule has 0 aromatic heterocycles. The molecule has 2 N–H and O–H groups in total. The summed E-state index contributed by atoms with van der Waals surface area (Å²) in [6.07, 6.45) is 1.72. The third kappa shape index (κ3) is 2.79. The molecular formula is C17H20N2O2S. The molecule has 0 bridgehead atoms. The summed E-state index contributed by atoms with van der Waals surface area (Å²) in [5.74, 6) is 0.